The third-order valence-electron chi connectivity index (χ3n) is 4.17. The second-order valence-electron chi connectivity index (χ2n) is 5.16. The van der Waals surface area contributed by atoms with Gasteiger partial charge in [-0.05, 0) is 37.0 Å². The Bertz CT molecular complexity index is 288. The molecule has 0 aromatic rings. The molecule has 0 spiro atoms. The van der Waals surface area contributed by atoms with Crippen LogP contribution in [-0.4, -0.2) is 0 Å². The Hall–Kier alpha value is -0.770. The fourth-order valence-electron chi connectivity index (χ4n) is 2.87. The minimum absolute atomic E-state index is 0.608. The number of rotatable bonds is 1. The summed E-state index contributed by atoms with van der Waals surface area (Å²) in [6.07, 6.45) is 3.17. The van der Waals surface area contributed by atoms with Crippen molar-refractivity contribution < 1.29 is 0 Å². The van der Waals surface area contributed by atoms with Gasteiger partial charge in [0.15, 0.2) is 0 Å². The summed E-state index contributed by atoms with van der Waals surface area (Å²) in [5.74, 6) is 1.85. The minimum atomic E-state index is 0.608. The molecule has 0 heterocycles. The molecule has 2 aliphatic carbocycles. The van der Waals surface area contributed by atoms with E-state index in [1.807, 2.05) is 0 Å². The van der Waals surface area contributed by atoms with Gasteiger partial charge in [-0.15, -0.1) is 0 Å². The van der Waals surface area contributed by atoms with Crippen LogP contribution < -0.4 is 0 Å². The second-order valence-corrected chi connectivity index (χ2v) is 5.16. The SMILES string of the molecule is CC(CC#N)=C1C[C@@H]2[C@H](C1)C2(C)C. The Morgan fingerprint density at radius 3 is 2.46 bits per heavy atom. The Kier molecular flexibility index (Phi) is 1.77. The maximum Gasteiger partial charge on any atom is 0.0666 e. The number of fused-ring (bicyclic) bond motifs is 1. The van der Waals surface area contributed by atoms with Gasteiger partial charge in [-0.25, -0.2) is 0 Å². The molecule has 2 saturated carbocycles. The lowest BCUT2D eigenvalue weighted by Crippen LogP contribution is -1.99. The molecule has 70 valence electrons. The maximum absolute atomic E-state index is 8.59. The average molecular weight is 175 g/mol. The lowest BCUT2D eigenvalue weighted by atomic mass is 9.94. The summed E-state index contributed by atoms with van der Waals surface area (Å²) >= 11 is 0. The van der Waals surface area contributed by atoms with E-state index in [1.54, 1.807) is 5.57 Å². The van der Waals surface area contributed by atoms with Gasteiger partial charge in [0.1, 0.15) is 0 Å². The van der Waals surface area contributed by atoms with Crippen LogP contribution in [0.15, 0.2) is 11.1 Å². The zero-order chi connectivity index (χ0) is 9.64. The highest BCUT2D eigenvalue weighted by molar-refractivity contribution is 5.28. The van der Waals surface area contributed by atoms with Gasteiger partial charge in [-0.1, -0.05) is 25.0 Å². The molecular formula is C12H17N. The van der Waals surface area contributed by atoms with Crippen molar-refractivity contribution in [3.05, 3.63) is 11.1 Å². The molecule has 1 heteroatoms. The fourth-order valence-corrected chi connectivity index (χ4v) is 2.87. The van der Waals surface area contributed by atoms with Crippen molar-refractivity contribution in [2.45, 2.75) is 40.0 Å². The van der Waals surface area contributed by atoms with Gasteiger partial charge in [0.05, 0.1) is 12.5 Å². The van der Waals surface area contributed by atoms with Crippen molar-refractivity contribution in [3.8, 4) is 6.07 Å². The Morgan fingerprint density at radius 2 is 2.00 bits per heavy atom. The molecule has 2 atom stereocenters. The van der Waals surface area contributed by atoms with E-state index in [0.717, 1.165) is 11.8 Å². The van der Waals surface area contributed by atoms with Crippen LogP contribution >= 0.6 is 0 Å². The molecule has 2 aliphatic rings. The first-order chi connectivity index (χ1) is 6.07. The van der Waals surface area contributed by atoms with Crippen LogP contribution in [0, 0.1) is 28.6 Å². The highest BCUT2D eigenvalue weighted by Gasteiger charge is 2.60. The smallest absolute Gasteiger partial charge is 0.0666 e. The molecular weight excluding hydrogens is 158 g/mol. The van der Waals surface area contributed by atoms with Gasteiger partial charge in [-0.2, -0.15) is 5.26 Å². The molecule has 2 rings (SSSR count). The molecule has 1 nitrogen and oxygen atoms in total. The number of nitriles is 1. The number of hydrogen-bond donors (Lipinski definition) is 0. The summed E-state index contributed by atoms with van der Waals surface area (Å²) in [6.45, 7) is 6.87. The zero-order valence-corrected chi connectivity index (χ0v) is 8.72. The van der Waals surface area contributed by atoms with Crippen molar-refractivity contribution in [2.75, 3.05) is 0 Å². The van der Waals surface area contributed by atoms with Gasteiger partial charge in [0.2, 0.25) is 0 Å². The van der Waals surface area contributed by atoms with Crippen LogP contribution in [0.1, 0.15) is 40.0 Å². The first-order valence-corrected chi connectivity index (χ1v) is 5.12. The summed E-state index contributed by atoms with van der Waals surface area (Å²) in [6, 6.07) is 2.24. The summed E-state index contributed by atoms with van der Waals surface area (Å²) in [7, 11) is 0. The van der Waals surface area contributed by atoms with Crippen molar-refractivity contribution in [1.29, 1.82) is 5.26 Å². The third kappa shape index (κ3) is 1.20. The van der Waals surface area contributed by atoms with Gasteiger partial charge < -0.3 is 0 Å². The van der Waals surface area contributed by atoms with Crippen LogP contribution in [0.2, 0.25) is 0 Å². The predicted octanol–water partition coefficient (Wildman–Crippen LogP) is 3.28. The van der Waals surface area contributed by atoms with Crippen LogP contribution in [0.25, 0.3) is 0 Å². The Labute approximate surface area is 80.4 Å². The molecule has 0 radical (unpaired) electrons. The van der Waals surface area contributed by atoms with E-state index in [4.69, 9.17) is 5.26 Å². The molecule has 0 N–H and O–H groups in total. The first-order valence-electron chi connectivity index (χ1n) is 5.12. The predicted molar refractivity (Wildman–Crippen MR) is 52.9 cm³/mol. The van der Waals surface area contributed by atoms with Gasteiger partial charge >= 0.3 is 0 Å². The lowest BCUT2D eigenvalue weighted by Gasteiger charge is -2.11. The van der Waals surface area contributed by atoms with E-state index in [1.165, 1.54) is 18.4 Å². The molecule has 0 saturated heterocycles. The van der Waals surface area contributed by atoms with Gasteiger partial charge in [0.25, 0.3) is 0 Å². The van der Waals surface area contributed by atoms with Crippen LogP contribution in [-0.2, 0) is 0 Å². The van der Waals surface area contributed by atoms with E-state index < -0.39 is 0 Å². The topological polar surface area (TPSA) is 23.8 Å². The number of allylic oxidation sites excluding steroid dienone is 2. The summed E-state index contributed by atoms with van der Waals surface area (Å²) in [5, 5.41) is 8.59. The van der Waals surface area contributed by atoms with Crippen LogP contribution in [0.3, 0.4) is 0 Å². The maximum atomic E-state index is 8.59. The average Bonchev–Trinajstić information content (AvgIpc) is 2.53. The zero-order valence-electron chi connectivity index (χ0n) is 8.72. The minimum Gasteiger partial charge on any atom is -0.198 e. The van der Waals surface area contributed by atoms with E-state index in [2.05, 4.69) is 26.8 Å². The molecule has 0 aromatic heterocycles. The Balaban J connectivity index is 2.05. The largest absolute Gasteiger partial charge is 0.198 e. The Morgan fingerprint density at radius 1 is 1.46 bits per heavy atom. The summed E-state index contributed by atoms with van der Waals surface area (Å²) in [5.41, 5.74) is 3.53. The molecule has 0 unspecified atom stereocenters. The molecule has 2 fully saturated rings. The van der Waals surface area contributed by atoms with Crippen molar-refractivity contribution in [2.24, 2.45) is 17.3 Å². The number of hydrogen-bond acceptors (Lipinski definition) is 1. The highest BCUT2D eigenvalue weighted by Crippen LogP contribution is 2.68. The second kappa shape index (κ2) is 2.61. The van der Waals surface area contributed by atoms with E-state index in [-0.39, 0.29) is 0 Å². The van der Waals surface area contributed by atoms with E-state index in [0.29, 0.717) is 11.8 Å². The van der Waals surface area contributed by atoms with E-state index in [9.17, 15) is 0 Å². The summed E-state index contributed by atoms with van der Waals surface area (Å²) < 4.78 is 0. The lowest BCUT2D eigenvalue weighted by molar-refractivity contribution is 0.503. The molecule has 0 bridgehead atoms. The van der Waals surface area contributed by atoms with Crippen molar-refractivity contribution >= 4 is 0 Å². The molecule has 0 aliphatic heterocycles. The van der Waals surface area contributed by atoms with E-state index >= 15 is 0 Å². The van der Waals surface area contributed by atoms with Gasteiger partial charge in [-0.3, -0.25) is 0 Å². The molecule has 0 amide bonds. The van der Waals surface area contributed by atoms with Gasteiger partial charge in [0, 0.05) is 0 Å². The van der Waals surface area contributed by atoms with Crippen molar-refractivity contribution in [1.82, 2.24) is 0 Å². The van der Waals surface area contributed by atoms with Crippen molar-refractivity contribution in [3.63, 3.8) is 0 Å². The standard InChI is InChI=1S/C12H17N/c1-8(4-5-13)9-6-10-11(7-9)12(10,2)3/h10-11H,4,6-7H2,1-3H3/t10-,11+. The summed E-state index contributed by atoms with van der Waals surface area (Å²) in [4.78, 5) is 0. The molecule has 0 aromatic carbocycles. The quantitative estimate of drug-likeness (QED) is 0.561. The first kappa shape index (κ1) is 8.81. The number of nitrogens with zero attached hydrogens (tertiary/aromatic N) is 1. The normalized spacial score (nSPS) is 38.0. The fraction of sp³-hybridized carbons (Fsp3) is 0.750. The van der Waals surface area contributed by atoms with Crippen LogP contribution in [0.5, 0.6) is 0 Å². The van der Waals surface area contributed by atoms with Crippen LogP contribution in [0.4, 0.5) is 0 Å². The molecule has 13 heavy (non-hydrogen) atoms. The monoisotopic (exact) mass is 175 g/mol. The highest BCUT2D eigenvalue weighted by atomic mass is 14.6. The third-order valence-corrected chi connectivity index (χ3v) is 4.17.